The summed E-state index contributed by atoms with van der Waals surface area (Å²) in [4.78, 5) is 10.5. The van der Waals surface area contributed by atoms with Gasteiger partial charge < -0.3 is 9.88 Å². The van der Waals surface area contributed by atoms with E-state index in [4.69, 9.17) is 33.3 Å². The number of nitrogens with one attached hydrogen (secondary N) is 1. The number of hydrogen-bond acceptors (Lipinski definition) is 3. The van der Waals surface area contributed by atoms with E-state index >= 15 is 0 Å². The SMILES string of the molecule is CCc1cccc(CC)c1-n1nc2c(c1-c1ccc(Cl)c3[nH]ccc13)CN(c1ncc(C3CC3)cc1Cl)CC2. The van der Waals surface area contributed by atoms with Crippen LogP contribution in [0.15, 0.2) is 54.9 Å². The minimum absolute atomic E-state index is 0.627. The summed E-state index contributed by atoms with van der Waals surface area (Å²) in [6, 6.07) is 15.0. The Balaban J connectivity index is 1.43. The van der Waals surface area contributed by atoms with Gasteiger partial charge in [-0.2, -0.15) is 5.10 Å². The van der Waals surface area contributed by atoms with Crippen LogP contribution in [0.25, 0.3) is 27.8 Å². The molecule has 1 aliphatic carbocycles. The summed E-state index contributed by atoms with van der Waals surface area (Å²) in [6.07, 6.45) is 9.16. The van der Waals surface area contributed by atoms with E-state index in [0.717, 1.165) is 69.5 Å². The Hall–Kier alpha value is -3.28. The molecular weight excluding hydrogens is 525 g/mol. The Kier molecular flexibility index (Phi) is 6.17. The smallest absolute Gasteiger partial charge is 0.147 e. The van der Waals surface area contributed by atoms with E-state index in [1.54, 1.807) is 0 Å². The van der Waals surface area contributed by atoms with E-state index < -0.39 is 0 Å². The van der Waals surface area contributed by atoms with E-state index in [1.165, 1.54) is 40.8 Å². The van der Waals surface area contributed by atoms with Crippen molar-refractivity contribution in [2.75, 3.05) is 11.4 Å². The third kappa shape index (κ3) is 4.14. The highest BCUT2D eigenvalue weighted by Gasteiger charge is 2.31. The number of anilines is 1. The summed E-state index contributed by atoms with van der Waals surface area (Å²) >= 11 is 13.4. The minimum atomic E-state index is 0.627. The molecule has 2 aliphatic rings. The molecule has 0 bridgehead atoms. The molecule has 7 heteroatoms. The third-order valence-electron chi connectivity index (χ3n) is 8.33. The number of nitrogens with zero attached hydrogens (tertiary/aromatic N) is 4. The largest absolute Gasteiger partial charge is 0.360 e. The second-order valence-corrected chi connectivity index (χ2v) is 11.5. The highest BCUT2D eigenvalue weighted by Crippen LogP contribution is 2.43. The van der Waals surface area contributed by atoms with Crippen LogP contribution in [0.5, 0.6) is 0 Å². The Morgan fingerprint density at radius 2 is 1.79 bits per heavy atom. The monoisotopic (exact) mass is 555 g/mol. The first-order chi connectivity index (χ1) is 19.1. The zero-order valence-electron chi connectivity index (χ0n) is 22.3. The fraction of sp³-hybridized carbons (Fsp3) is 0.312. The molecule has 5 nitrogen and oxygen atoms in total. The molecule has 1 aliphatic heterocycles. The fourth-order valence-corrected chi connectivity index (χ4v) is 6.64. The summed E-state index contributed by atoms with van der Waals surface area (Å²) in [5.41, 5.74) is 10.6. The topological polar surface area (TPSA) is 49.7 Å². The molecule has 1 N–H and O–H groups in total. The van der Waals surface area contributed by atoms with E-state index in [0.29, 0.717) is 12.5 Å². The number of H-pyrrole nitrogens is 1. The normalized spacial score (nSPS) is 15.2. The molecule has 2 aromatic carbocycles. The predicted octanol–water partition coefficient (Wildman–Crippen LogP) is 8.29. The number of hydrogen-bond donors (Lipinski definition) is 1. The first kappa shape index (κ1) is 24.7. The summed E-state index contributed by atoms with van der Waals surface area (Å²) < 4.78 is 2.22. The molecule has 198 valence electrons. The van der Waals surface area contributed by atoms with Gasteiger partial charge in [-0.25, -0.2) is 9.67 Å². The first-order valence-corrected chi connectivity index (χ1v) is 14.7. The summed E-state index contributed by atoms with van der Waals surface area (Å²) in [6.45, 7) is 5.96. The van der Waals surface area contributed by atoms with Crippen LogP contribution >= 0.6 is 23.2 Å². The maximum atomic E-state index is 6.84. The van der Waals surface area contributed by atoms with E-state index in [1.807, 2.05) is 18.5 Å². The Morgan fingerprint density at radius 3 is 2.51 bits per heavy atom. The number of aryl methyl sites for hydroxylation is 2. The second-order valence-electron chi connectivity index (χ2n) is 10.7. The molecule has 1 saturated carbocycles. The van der Waals surface area contributed by atoms with Crippen LogP contribution in [0.1, 0.15) is 60.6 Å². The molecule has 0 atom stereocenters. The van der Waals surface area contributed by atoms with E-state index in [-0.39, 0.29) is 0 Å². The number of aromatic nitrogens is 4. The average molecular weight is 557 g/mol. The third-order valence-corrected chi connectivity index (χ3v) is 8.92. The average Bonchev–Trinajstić information content (AvgIpc) is 3.57. The summed E-state index contributed by atoms with van der Waals surface area (Å²) in [7, 11) is 0. The summed E-state index contributed by atoms with van der Waals surface area (Å²) in [5, 5.41) is 7.87. The number of rotatable bonds is 6. The Labute approximate surface area is 238 Å². The van der Waals surface area contributed by atoms with Crippen LogP contribution in [0.3, 0.4) is 0 Å². The zero-order chi connectivity index (χ0) is 26.7. The van der Waals surface area contributed by atoms with Crippen molar-refractivity contribution in [3.8, 4) is 16.9 Å². The first-order valence-electron chi connectivity index (χ1n) is 14.0. The van der Waals surface area contributed by atoms with Gasteiger partial charge in [0.15, 0.2) is 0 Å². The number of para-hydroxylation sites is 1. The molecule has 0 saturated heterocycles. The molecule has 0 radical (unpaired) electrons. The quantitative estimate of drug-likeness (QED) is 0.229. The number of pyridine rings is 1. The maximum Gasteiger partial charge on any atom is 0.147 e. The zero-order valence-corrected chi connectivity index (χ0v) is 23.8. The van der Waals surface area contributed by atoms with Crippen molar-refractivity contribution in [3.63, 3.8) is 0 Å². The van der Waals surface area contributed by atoms with Gasteiger partial charge in [0.1, 0.15) is 5.82 Å². The highest BCUT2D eigenvalue weighted by atomic mass is 35.5. The van der Waals surface area contributed by atoms with Crippen molar-refractivity contribution in [1.29, 1.82) is 0 Å². The van der Waals surface area contributed by atoms with E-state index in [2.05, 4.69) is 64.8 Å². The van der Waals surface area contributed by atoms with Crippen LogP contribution in [0.2, 0.25) is 10.0 Å². The lowest BCUT2D eigenvalue weighted by atomic mass is 9.97. The van der Waals surface area contributed by atoms with Crippen LogP contribution in [-0.4, -0.2) is 26.3 Å². The van der Waals surface area contributed by atoms with Crippen molar-refractivity contribution in [3.05, 3.63) is 92.9 Å². The molecule has 1 fully saturated rings. The lowest BCUT2D eigenvalue weighted by Gasteiger charge is -2.29. The fourth-order valence-electron chi connectivity index (χ4n) is 6.13. The molecule has 0 spiro atoms. The lowest BCUT2D eigenvalue weighted by molar-refractivity contribution is 0.705. The molecule has 4 heterocycles. The van der Waals surface area contributed by atoms with Crippen molar-refractivity contribution >= 4 is 39.9 Å². The maximum absolute atomic E-state index is 6.84. The van der Waals surface area contributed by atoms with Gasteiger partial charge in [-0.05, 0) is 66.5 Å². The van der Waals surface area contributed by atoms with Gasteiger partial charge in [-0.15, -0.1) is 0 Å². The number of aromatic amines is 1. The summed E-state index contributed by atoms with van der Waals surface area (Å²) in [5.74, 6) is 1.48. The van der Waals surface area contributed by atoms with Crippen LogP contribution in [-0.2, 0) is 25.8 Å². The van der Waals surface area contributed by atoms with Crippen LogP contribution in [0.4, 0.5) is 5.82 Å². The van der Waals surface area contributed by atoms with Gasteiger partial charge in [0.25, 0.3) is 0 Å². The Bertz CT molecular complexity index is 1690. The molecular formula is C32H31Cl2N5. The second kappa shape index (κ2) is 9.72. The van der Waals surface area contributed by atoms with Crippen molar-refractivity contribution in [2.45, 2.75) is 58.4 Å². The number of benzene rings is 2. The molecule has 39 heavy (non-hydrogen) atoms. The van der Waals surface area contributed by atoms with Gasteiger partial charge in [-0.1, -0.05) is 61.3 Å². The van der Waals surface area contributed by atoms with Gasteiger partial charge in [-0.3, -0.25) is 0 Å². The molecule has 0 amide bonds. The van der Waals surface area contributed by atoms with Gasteiger partial charge in [0.2, 0.25) is 0 Å². The van der Waals surface area contributed by atoms with Crippen molar-refractivity contribution in [2.24, 2.45) is 0 Å². The van der Waals surface area contributed by atoms with Crippen LogP contribution in [0, 0.1) is 0 Å². The number of fused-ring (bicyclic) bond motifs is 2. The number of halogens is 2. The van der Waals surface area contributed by atoms with E-state index in [9.17, 15) is 0 Å². The van der Waals surface area contributed by atoms with Gasteiger partial charge in [0, 0.05) is 48.4 Å². The standard InChI is InChI=1S/C32H31Cl2N5/c1-3-19-6-5-7-20(4-2)30(19)39-31(24-10-11-26(33)29-23(24)12-14-35-29)25-18-38(15-13-28(25)37-39)32-27(34)16-22(17-36-32)21-8-9-21/h5-7,10-12,14,16-17,21,35H,3-4,8-9,13,15,18H2,1-2H3. The predicted molar refractivity (Wildman–Crippen MR) is 161 cm³/mol. The molecule has 0 unspecified atom stereocenters. The minimum Gasteiger partial charge on any atom is -0.360 e. The van der Waals surface area contributed by atoms with Gasteiger partial charge >= 0.3 is 0 Å². The molecule has 5 aromatic rings. The van der Waals surface area contributed by atoms with Crippen LogP contribution < -0.4 is 4.90 Å². The molecule has 3 aromatic heterocycles. The Morgan fingerprint density at radius 1 is 1.00 bits per heavy atom. The lowest BCUT2D eigenvalue weighted by Crippen LogP contribution is -2.31. The van der Waals surface area contributed by atoms with Crippen molar-refractivity contribution < 1.29 is 0 Å². The van der Waals surface area contributed by atoms with Gasteiger partial charge in [0.05, 0.1) is 32.6 Å². The highest BCUT2D eigenvalue weighted by molar-refractivity contribution is 6.35. The molecule has 7 rings (SSSR count). The van der Waals surface area contributed by atoms with Crippen molar-refractivity contribution in [1.82, 2.24) is 19.7 Å².